The highest BCUT2D eigenvalue weighted by Gasteiger charge is 2.45. The molecular weight excluding hydrogens is 376 g/mol. The van der Waals surface area contributed by atoms with Gasteiger partial charge in [-0.1, -0.05) is 6.08 Å². The first-order chi connectivity index (χ1) is 13.6. The first-order valence-corrected chi connectivity index (χ1v) is 9.80. The predicted molar refractivity (Wildman–Crippen MR) is 107 cm³/mol. The van der Waals surface area contributed by atoms with Crippen LogP contribution >= 0.6 is 0 Å². The fourth-order valence-electron chi connectivity index (χ4n) is 3.87. The first kappa shape index (κ1) is 21.1. The standard InChI is InChI=1S/C20H28N4O5/c1-10-4-5-13(25)6-7-16(26)23-12(3)20(29)9-14(18(27)21-10)17-15(24-20)8-11(2)22-19(17)28/h6-8,10,12-14,24-25,29H,4-5,9H2,1-3H3,(H,21,27)(H,22,28)(H,23,26). The number of nitrogens with one attached hydrogen (secondary N) is 4. The van der Waals surface area contributed by atoms with Gasteiger partial charge in [0.2, 0.25) is 11.8 Å². The molecule has 3 heterocycles. The number of amides is 2. The molecule has 0 radical (unpaired) electrons. The molecule has 0 aliphatic carbocycles. The lowest BCUT2D eigenvalue weighted by molar-refractivity contribution is -0.125. The van der Waals surface area contributed by atoms with Crippen molar-refractivity contribution in [2.24, 2.45) is 0 Å². The van der Waals surface area contributed by atoms with Crippen molar-refractivity contribution in [3.8, 4) is 0 Å². The van der Waals surface area contributed by atoms with Crippen LogP contribution in [0.25, 0.3) is 0 Å². The number of aliphatic hydroxyl groups is 2. The highest BCUT2D eigenvalue weighted by atomic mass is 16.3. The number of carbonyl (C=O) groups excluding carboxylic acids is 2. The lowest BCUT2D eigenvalue weighted by atomic mass is 9.81. The summed E-state index contributed by atoms with van der Waals surface area (Å²) >= 11 is 0. The van der Waals surface area contributed by atoms with E-state index in [1.165, 1.54) is 12.2 Å². The third-order valence-corrected chi connectivity index (χ3v) is 5.57. The Morgan fingerprint density at radius 1 is 1.14 bits per heavy atom. The number of H-pyrrole nitrogens is 1. The summed E-state index contributed by atoms with van der Waals surface area (Å²) in [4.78, 5) is 40.5. The minimum Gasteiger partial charge on any atom is -0.389 e. The predicted octanol–water partition coefficient (Wildman–Crippen LogP) is -0.00858. The van der Waals surface area contributed by atoms with E-state index in [4.69, 9.17) is 0 Å². The zero-order chi connectivity index (χ0) is 21.3. The molecule has 3 rings (SSSR count). The quantitative estimate of drug-likeness (QED) is 0.359. The van der Waals surface area contributed by atoms with Crippen molar-refractivity contribution in [2.45, 2.75) is 69.9 Å². The van der Waals surface area contributed by atoms with Crippen LogP contribution in [0.15, 0.2) is 23.0 Å². The number of hydrogen-bond acceptors (Lipinski definition) is 6. The molecule has 1 aromatic rings. The average molecular weight is 404 g/mol. The van der Waals surface area contributed by atoms with Crippen molar-refractivity contribution < 1.29 is 19.8 Å². The maximum absolute atomic E-state index is 13.0. The molecule has 2 bridgehead atoms. The van der Waals surface area contributed by atoms with Crippen molar-refractivity contribution in [3.05, 3.63) is 39.8 Å². The van der Waals surface area contributed by atoms with Gasteiger partial charge in [-0.2, -0.15) is 0 Å². The minimum absolute atomic E-state index is 0.0848. The van der Waals surface area contributed by atoms with Crippen LogP contribution < -0.4 is 21.5 Å². The summed E-state index contributed by atoms with van der Waals surface area (Å²) in [5, 5.41) is 29.8. The van der Waals surface area contributed by atoms with E-state index in [9.17, 15) is 24.6 Å². The van der Waals surface area contributed by atoms with Crippen molar-refractivity contribution >= 4 is 17.5 Å². The molecule has 5 atom stereocenters. The van der Waals surface area contributed by atoms with E-state index in [1.807, 2.05) is 6.92 Å². The molecule has 29 heavy (non-hydrogen) atoms. The molecule has 158 valence electrons. The van der Waals surface area contributed by atoms with Crippen LogP contribution in [-0.4, -0.2) is 50.9 Å². The fraction of sp³-hybridized carbons (Fsp3) is 0.550. The molecule has 2 amide bonds. The summed E-state index contributed by atoms with van der Waals surface area (Å²) in [5.41, 5.74) is -0.827. The number of aryl methyl sites for hydroxylation is 1. The van der Waals surface area contributed by atoms with Gasteiger partial charge in [-0.3, -0.25) is 14.4 Å². The number of carbonyl (C=O) groups is 2. The topological polar surface area (TPSA) is 144 Å². The number of pyridine rings is 1. The second-order valence-corrected chi connectivity index (χ2v) is 8.06. The number of hydrogen-bond donors (Lipinski definition) is 6. The van der Waals surface area contributed by atoms with Crippen molar-refractivity contribution in [2.75, 3.05) is 5.32 Å². The monoisotopic (exact) mass is 404 g/mol. The number of rotatable bonds is 0. The van der Waals surface area contributed by atoms with Gasteiger partial charge in [-0.15, -0.1) is 0 Å². The van der Waals surface area contributed by atoms with Crippen LogP contribution in [0.4, 0.5) is 5.69 Å². The van der Waals surface area contributed by atoms with Crippen LogP contribution in [0.1, 0.15) is 50.3 Å². The summed E-state index contributed by atoms with van der Waals surface area (Å²) in [6, 6.07) is 0.634. The van der Waals surface area contributed by atoms with E-state index in [1.54, 1.807) is 19.9 Å². The lowest BCUT2D eigenvalue weighted by Crippen LogP contribution is -2.59. The van der Waals surface area contributed by atoms with Gasteiger partial charge in [0, 0.05) is 29.9 Å². The Morgan fingerprint density at radius 2 is 1.86 bits per heavy atom. The Hall–Kier alpha value is -2.65. The molecule has 0 saturated carbocycles. The smallest absolute Gasteiger partial charge is 0.254 e. The minimum atomic E-state index is -1.65. The molecule has 9 heteroatoms. The fourth-order valence-corrected chi connectivity index (χ4v) is 3.87. The third-order valence-electron chi connectivity index (χ3n) is 5.57. The number of fused-ring (bicyclic) bond motifs is 4. The van der Waals surface area contributed by atoms with Gasteiger partial charge in [-0.05, 0) is 39.7 Å². The van der Waals surface area contributed by atoms with Crippen molar-refractivity contribution in [1.29, 1.82) is 0 Å². The molecule has 0 fully saturated rings. The molecule has 6 N–H and O–H groups in total. The lowest BCUT2D eigenvalue weighted by Gasteiger charge is -2.42. The van der Waals surface area contributed by atoms with E-state index < -0.39 is 35.3 Å². The normalized spacial score (nSPS) is 33.0. The molecule has 9 nitrogen and oxygen atoms in total. The SMILES string of the molecule is Cc1cc2c(c(=O)[nH]1)C1CC(O)(N2)C(C)NC(=O)C=CC(O)CCC(C)NC1=O. The maximum Gasteiger partial charge on any atom is 0.254 e. The second-order valence-electron chi connectivity index (χ2n) is 8.06. The van der Waals surface area contributed by atoms with Gasteiger partial charge < -0.3 is 31.1 Å². The van der Waals surface area contributed by atoms with Gasteiger partial charge in [0.05, 0.1) is 23.6 Å². The van der Waals surface area contributed by atoms with E-state index in [2.05, 4.69) is 20.9 Å². The van der Waals surface area contributed by atoms with Gasteiger partial charge in [0.25, 0.3) is 5.56 Å². The molecule has 2 aliphatic rings. The molecule has 2 aliphatic heterocycles. The molecule has 0 spiro atoms. The number of aromatic amines is 1. The van der Waals surface area contributed by atoms with E-state index in [0.29, 0.717) is 24.2 Å². The third kappa shape index (κ3) is 4.51. The highest BCUT2D eigenvalue weighted by molar-refractivity contribution is 5.88. The van der Waals surface area contributed by atoms with Gasteiger partial charge in [0.1, 0.15) is 0 Å². The first-order valence-electron chi connectivity index (χ1n) is 9.80. The summed E-state index contributed by atoms with van der Waals surface area (Å²) in [7, 11) is 0. The molecule has 1 aromatic heterocycles. The Bertz CT molecular complexity index is 895. The van der Waals surface area contributed by atoms with E-state index in [-0.39, 0.29) is 23.9 Å². The average Bonchev–Trinajstić information content (AvgIpc) is 2.62. The summed E-state index contributed by atoms with van der Waals surface area (Å²) in [6.07, 6.45) is 2.57. The van der Waals surface area contributed by atoms with Crippen molar-refractivity contribution in [3.63, 3.8) is 0 Å². The number of anilines is 1. The molecule has 0 aromatic carbocycles. The summed E-state index contributed by atoms with van der Waals surface area (Å²) in [6.45, 7) is 5.13. The van der Waals surface area contributed by atoms with Gasteiger partial charge in [0.15, 0.2) is 5.72 Å². The second kappa shape index (κ2) is 8.00. The zero-order valence-corrected chi connectivity index (χ0v) is 16.8. The van der Waals surface area contributed by atoms with E-state index >= 15 is 0 Å². The van der Waals surface area contributed by atoms with Crippen LogP contribution in [-0.2, 0) is 9.59 Å². The largest absolute Gasteiger partial charge is 0.389 e. The Labute approximate surface area is 168 Å². The molecule has 0 saturated heterocycles. The maximum atomic E-state index is 13.0. The highest BCUT2D eigenvalue weighted by Crippen LogP contribution is 2.38. The van der Waals surface area contributed by atoms with Crippen LogP contribution in [0.5, 0.6) is 0 Å². The summed E-state index contributed by atoms with van der Waals surface area (Å²) < 4.78 is 0. The molecular formula is C20H28N4O5. The Kier molecular flexibility index (Phi) is 5.81. The Morgan fingerprint density at radius 3 is 2.59 bits per heavy atom. The number of aliphatic hydroxyl groups excluding tert-OH is 1. The Balaban J connectivity index is 2.06. The van der Waals surface area contributed by atoms with Crippen LogP contribution in [0.3, 0.4) is 0 Å². The van der Waals surface area contributed by atoms with Crippen LogP contribution in [0.2, 0.25) is 0 Å². The molecule has 5 unspecified atom stereocenters. The van der Waals surface area contributed by atoms with Gasteiger partial charge in [-0.25, -0.2) is 0 Å². The van der Waals surface area contributed by atoms with Crippen molar-refractivity contribution in [1.82, 2.24) is 15.6 Å². The summed E-state index contributed by atoms with van der Waals surface area (Å²) in [5.74, 6) is -1.75. The van der Waals surface area contributed by atoms with Crippen LogP contribution in [0, 0.1) is 6.92 Å². The number of aromatic nitrogens is 1. The van der Waals surface area contributed by atoms with E-state index in [0.717, 1.165) is 0 Å². The zero-order valence-electron chi connectivity index (χ0n) is 16.8. The van der Waals surface area contributed by atoms with Gasteiger partial charge >= 0.3 is 0 Å².